The van der Waals surface area contributed by atoms with Gasteiger partial charge >= 0.3 is 0 Å². The third-order valence-electron chi connectivity index (χ3n) is 7.17. The van der Waals surface area contributed by atoms with Crippen molar-refractivity contribution in [3.63, 3.8) is 0 Å². The summed E-state index contributed by atoms with van der Waals surface area (Å²) in [6.45, 7) is 0.505. The first-order chi connectivity index (χ1) is 18.0. The third kappa shape index (κ3) is 4.99. The molecule has 1 aliphatic carbocycles. The molecular formula is C28H30FN5O3. The molecule has 5 rings (SSSR count). The van der Waals surface area contributed by atoms with E-state index in [1.54, 1.807) is 6.20 Å². The molecule has 192 valence electrons. The minimum absolute atomic E-state index is 0.145. The summed E-state index contributed by atoms with van der Waals surface area (Å²) in [7, 11) is 1.44. The van der Waals surface area contributed by atoms with Gasteiger partial charge in [-0.15, -0.1) is 0 Å². The molecular weight excluding hydrogens is 473 g/mol. The second-order valence-electron chi connectivity index (χ2n) is 9.47. The molecule has 0 aliphatic heterocycles. The van der Waals surface area contributed by atoms with E-state index in [4.69, 9.17) is 15.5 Å². The van der Waals surface area contributed by atoms with Gasteiger partial charge in [0.15, 0.2) is 0 Å². The Morgan fingerprint density at radius 1 is 1.19 bits per heavy atom. The van der Waals surface area contributed by atoms with Crippen LogP contribution >= 0.6 is 0 Å². The molecule has 2 heterocycles. The Labute approximate surface area is 214 Å². The lowest BCUT2D eigenvalue weighted by atomic mass is 9.82. The van der Waals surface area contributed by atoms with Crippen molar-refractivity contribution in [3.8, 4) is 17.0 Å². The third-order valence-corrected chi connectivity index (χ3v) is 7.17. The number of nitrogens with zero attached hydrogens (tertiary/aromatic N) is 3. The number of hydrogen-bond acceptors (Lipinski definition) is 6. The number of nitrogens with one attached hydrogen (secondary N) is 1. The fraction of sp³-hybridized carbons (Fsp3) is 0.321. The molecule has 0 atom stereocenters. The molecule has 2 aromatic carbocycles. The van der Waals surface area contributed by atoms with E-state index in [1.165, 1.54) is 19.2 Å². The summed E-state index contributed by atoms with van der Waals surface area (Å²) in [5.41, 5.74) is 9.76. The van der Waals surface area contributed by atoms with Gasteiger partial charge in [-0.3, -0.25) is 9.20 Å². The van der Waals surface area contributed by atoms with Crippen molar-refractivity contribution in [1.82, 2.24) is 19.7 Å². The monoisotopic (exact) mass is 503 g/mol. The summed E-state index contributed by atoms with van der Waals surface area (Å²) in [4.78, 5) is 21.9. The Hall–Kier alpha value is -3.98. The largest absolute Gasteiger partial charge is 0.496 e. The van der Waals surface area contributed by atoms with E-state index in [0.29, 0.717) is 23.4 Å². The zero-order valence-electron chi connectivity index (χ0n) is 20.7. The molecule has 1 amide bonds. The van der Waals surface area contributed by atoms with E-state index < -0.39 is 11.7 Å². The predicted octanol–water partition coefficient (Wildman–Crippen LogP) is 4.32. The molecule has 1 saturated carbocycles. The van der Waals surface area contributed by atoms with E-state index in [2.05, 4.69) is 10.3 Å². The molecule has 37 heavy (non-hydrogen) atoms. The molecule has 4 aromatic rings. The van der Waals surface area contributed by atoms with Gasteiger partial charge in [0.2, 0.25) is 0 Å². The van der Waals surface area contributed by atoms with Crippen LogP contribution in [0.4, 0.5) is 10.2 Å². The fourth-order valence-corrected chi connectivity index (χ4v) is 5.10. The van der Waals surface area contributed by atoms with E-state index in [0.717, 1.165) is 59.9 Å². The van der Waals surface area contributed by atoms with Crippen molar-refractivity contribution < 1.29 is 19.0 Å². The van der Waals surface area contributed by atoms with Crippen LogP contribution in [0.15, 0.2) is 54.9 Å². The van der Waals surface area contributed by atoms with E-state index in [1.807, 2.05) is 34.9 Å². The lowest BCUT2D eigenvalue weighted by Crippen LogP contribution is -2.23. The van der Waals surface area contributed by atoms with Gasteiger partial charge in [-0.2, -0.15) is 0 Å². The highest BCUT2D eigenvalue weighted by Gasteiger charge is 2.27. The van der Waals surface area contributed by atoms with Gasteiger partial charge < -0.3 is 20.9 Å². The summed E-state index contributed by atoms with van der Waals surface area (Å²) in [5.74, 6) is 1.44. The molecule has 1 aliphatic rings. The number of aromatic nitrogens is 3. The van der Waals surface area contributed by atoms with Crippen molar-refractivity contribution in [2.45, 2.75) is 38.1 Å². The number of nitrogen functional groups attached to an aromatic ring is 1. The number of aliphatic hydroxyl groups is 1. The topological polar surface area (TPSA) is 115 Å². The molecule has 9 heteroatoms. The molecule has 0 bridgehead atoms. The number of methoxy groups -OCH3 is 1. The van der Waals surface area contributed by atoms with Crippen LogP contribution < -0.4 is 15.8 Å². The quantitative estimate of drug-likeness (QED) is 0.346. The molecule has 8 nitrogen and oxygen atoms in total. The summed E-state index contributed by atoms with van der Waals surface area (Å²) in [6.07, 6.45) is 7.50. The van der Waals surface area contributed by atoms with E-state index >= 15 is 0 Å². The fourth-order valence-electron chi connectivity index (χ4n) is 5.10. The van der Waals surface area contributed by atoms with E-state index in [9.17, 15) is 14.3 Å². The summed E-state index contributed by atoms with van der Waals surface area (Å²) in [6, 6.07) is 11.6. The lowest BCUT2D eigenvalue weighted by Gasteiger charge is -2.26. The molecule has 0 saturated heterocycles. The SMILES string of the molecule is COc1ccc(F)cc1C(=O)NCc1ccc(-c2nc([C@H]3CC[C@H](CO)CC3)n3ccnc(N)c23)cc1. The highest BCUT2D eigenvalue weighted by molar-refractivity contribution is 5.97. The second-order valence-corrected chi connectivity index (χ2v) is 9.47. The minimum atomic E-state index is -0.503. The molecule has 2 aromatic heterocycles. The zero-order valence-corrected chi connectivity index (χ0v) is 20.7. The van der Waals surface area contributed by atoms with Crippen molar-refractivity contribution in [2.24, 2.45) is 5.92 Å². The number of aliphatic hydroxyl groups excluding tert-OH is 1. The maximum atomic E-state index is 13.6. The number of fused-ring (bicyclic) bond motifs is 1. The first-order valence-electron chi connectivity index (χ1n) is 12.4. The van der Waals surface area contributed by atoms with Crippen molar-refractivity contribution in [3.05, 3.63) is 77.6 Å². The van der Waals surface area contributed by atoms with Crippen LogP contribution in [0.2, 0.25) is 0 Å². The van der Waals surface area contributed by atoms with Gasteiger partial charge in [-0.25, -0.2) is 14.4 Å². The number of carbonyl (C=O) groups excluding carboxylic acids is 1. The summed E-state index contributed by atoms with van der Waals surface area (Å²) >= 11 is 0. The molecule has 4 N–H and O–H groups in total. The average molecular weight is 504 g/mol. The number of halogens is 1. The Morgan fingerprint density at radius 3 is 2.65 bits per heavy atom. The van der Waals surface area contributed by atoms with Gasteiger partial charge in [-0.1, -0.05) is 24.3 Å². The number of rotatable bonds is 7. The van der Waals surface area contributed by atoms with Gasteiger partial charge in [0.25, 0.3) is 5.91 Å². The number of nitrogens with two attached hydrogens (primary N) is 1. The number of hydrogen-bond donors (Lipinski definition) is 3. The molecule has 0 unspecified atom stereocenters. The van der Waals surface area contributed by atoms with Crippen molar-refractivity contribution >= 4 is 17.2 Å². The van der Waals surface area contributed by atoms with Gasteiger partial charge in [0.1, 0.15) is 34.4 Å². The predicted molar refractivity (Wildman–Crippen MR) is 139 cm³/mol. The highest BCUT2D eigenvalue weighted by Crippen LogP contribution is 2.38. The van der Waals surface area contributed by atoms with Crippen LogP contribution in [-0.2, 0) is 6.54 Å². The molecule has 1 fully saturated rings. The summed E-state index contributed by atoms with van der Waals surface area (Å²) in [5, 5.41) is 12.3. The Bertz CT molecular complexity index is 1410. The zero-order chi connectivity index (χ0) is 25.9. The van der Waals surface area contributed by atoms with Crippen LogP contribution in [0.25, 0.3) is 16.8 Å². The average Bonchev–Trinajstić information content (AvgIpc) is 3.33. The van der Waals surface area contributed by atoms with E-state index in [-0.39, 0.29) is 18.7 Å². The number of imidazole rings is 1. The van der Waals surface area contributed by atoms with Crippen LogP contribution in [0, 0.1) is 11.7 Å². The van der Waals surface area contributed by atoms with Gasteiger partial charge in [0, 0.05) is 37.0 Å². The van der Waals surface area contributed by atoms with Crippen molar-refractivity contribution in [1.29, 1.82) is 0 Å². The Kier molecular flexibility index (Phi) is 7.05. The number of amides is 1. The van der Waals surface area contributed by atoms with Crippen LogP contribution in [0.5, 0.6) is 5.75 Å². The smallest absolute Gasteiger partial charge is 0.255 e. The number of anilines is 1. The Balaban J connectivity index is 1.36. The van der Waals surface area contributed by atoms with Gasteiger partial charge in [0.05, 0.1) is 12.7 Å². The highest BCUT2D eigenvalue weighted by atomic mass is 19.1. The normalized spacial score (nSPS) is 17.6. The summed E-state index contributed by atoms with van der Waals surface area (Å²) < 4.78 is 20.9. The second kappa shape index (κ2) is 10.6. The van der Waals surface area contributed by atoms with Gasteiger partial charge in [-0.05, 0) is 55.4 Å². The maximum Gasteiger partial charge on any atom is 0.255 e. The number of carbonyl (C=O) groups is 1. The van der Waals surface area contributed by atoms with Crippen LogP contribution in [-0.4, -0.2) is 39.1 Å². The number of benzene rings is 2. The first-order valence-corrected chi connectivity index (χ1v) is 12.4. The Morgan fingerprint density at radius 2 is 1.95 bits per heavy atom. The van der Waals surface area contributed by atoms with Crippen LogP contribution in [0.3, 0.4) is 0 Å². The lowest BCUT2D eigenvalue weighted by molar-refractivity contribution is 0.0947. The first kappa shape index (κ1) is 24.7. The standard InChI is InChI=1S/C28H30FN5O3/c1-37-23-11-10-21(29)14-22(23)28(36)32-15-17-2-6-19(7-3-17)24-25-26(30)31-12-13-34(25)27(33-24)20-8-4-18(16-35)5-9-20/h2-3,6-7,10-14,18,20,35H,4-5,8-9,15-16H2,1H3,(H2,30,31)(H,32,36)/t18-,20-. The number of ether oxygens (including phenoxy) is 1. The van der Waals surface area contributed by atoms with Crippen LogP contribution in [0.1, 0.15) is 53.3 Å². The molecule has 0 radical (unpaired) electrons. The minimum Gasteiger partial charge on any atom is -0.496 e. The van der Waals surface area contributed by atoms with Crippen molar-refractivity contribution in [2.75, 3.05) is 19.5 Å². The molecule has 0 spiro atoms. The maximum absolute atomic E-state index is 13.6.